The number of anilines is 3. The van der Waals surface area contributed by atoms with Crippen LogP contribution in [0.4, 0.5) is 26.2 Å². The third-order valence-electron chi connectivity index (χ3n) is 6.31. The first-order valence-electron chi connectivity index (χ1n) is 12.0. The Balaban J connectivity index is 1.47. The number of fused-ring (bicyclic) bond motifs is 1. The SMILES string of the molecule is C/C=C/c1cc(Nc2cc(N3CCN(C(C)=O)CC3)nc(Oc3cc(F)c4c(c3F)C=C(C)C4)n2)n[nH]1. The largest absolute Gasteiger partial charge is 0.421 e. The van der Waals surface area contributed by atoms with Crippen molar-refractivity contribution in [2.75, 3.05) is 36.4 Å². The molecule has 1 aromatic carbocycles. The van der Waals surface area contributed by atoms with Gasteiger partial charge in [0, 0.05) is 62.4 Å². The molecule has 0 spiro atoms. The van der Waals surface area contributed by atoms with Gasteiger partial charge < -0.3 is 19.9 Å². The van der Waals surface area contributed by atoms with E-state index in [2.05, 4.69) is 25.5 Å². The number of hydrogen-bond donors (Lipinski definition) is 2. The molecular formula is C26H27F2N7O2. The molecule has 2 aliphatic rings. The van der Waals surface area contributed by atoms with Gasteiger partial charge in [-0.15, -0.1) is 0 Å². The molecule has 1 fully saturated rings. The zero-order chi connectivity index (χ0) is 26.1. The monoisotopic (exact) mass is 507 g/mol. The number of ether oxygens (including phenoxy) is 1. The lowest BCUT2D eigenvalue weighted by molar-refractivity contribution is -0.129. The number of nitrogens with one attached hydrogen (secondary N) is 2. The molecule has 5 rings (SSSR count). The van der Waals surface area contributed by atoms with Crippen LogP contribution >= 0.6 is 0 Å². The highest BCUT2D eigenvalue weighted by Gasteiger charge is 2.25. The number of piperazine rings is 1. The number of rotatable bonds is 6. The lowest BCUT2D eigenvalue weighted by Gasteiger charge is -2.35. The quantitative estimate of drug-likeness (QED) is 0.500. The van der Waals surface area contributed by atoms with Crippen LogP contribution in [0.1, 0.15) is 37.6 Å². The second kappa shape index (κ2) is 10.00. The van der Waals surface area contributed by atoms with Crippen LogP contribution in [0.3, 0.4) is 0 Å². The standard InChI is InChI=1S/C26H27F2N7O2/c1-4-5-17-12-23(33-32-17)29-22-14-24(35-8-6-34(7-9-35)16(3)36)31-26(30-22)37-21-13-20(27)18-10-15(2)11-19(18)25(21)28/h4-5,11-14H,6-10H2,1-3H3,(H2,29,30,31,32,33)/b5-4+. The maximum Gasteiger partial charge on any atom is 0.326 e. The van der Waals surface area contributed by atoms with Gasteiger partial charge in [0.15, 0.2) is 17.4 Å². The van der Waals surface area contributed by atoms with E-state index in [1.165, 1.54) is 0 Å². The normalized spacial score (nSPS) is 15.2. The van der Waals surface area contributed by atoms with E-state index in [0.717, 1.165) is 17.3 Å². The van der Waals surface area contributed by atoms with E-state index >= 15 is 4.39 Å². The van der Waals surface area contributed by atoms with E-state index in [1.54, 1.807) is 30.0 Å². The second-order valence-electron chi connectivity index (χ2n) is 9.05. The van der Waals surface area contributed by atoms with Crippen molar-refractivity contribution in [2.45, 2.75) is 27.2 Å². The molecule has 37 heavy (non-hydrogen) atoms. The first-order valence-corrected chi connectivity index (χ1v) is 12.0. The van der Waals surface area contributed by atoms with E-state index in [-0.39, 0.29) is 23.2 Å². The van der Waals surface area contributed by atoms with Crippen molar-refractivity contribution in [3.05, 3.63) is 58.3 Å². The highest BCUT2D eigenvalue weighted by Crippen LogP contribution is 2.36. The van der Waals surface area contributed by atoms with Crippen molar-refractivity contribution in [3.8, 4) is 11.8 Å². The fourth-order valence-corrected chi connectivity index (χ4v) is 4.47. The van der Waals surface area contributed by atoms with Crippen molar-refractivity contribution >= 4 is 35.5 Å². The van der Waals surface area contributed by atoms with Gasteiger partial charge in [-0.05, 0) is 26.3 Å². The molecule has 3 heterocycles. The number of hydrogen-bond acceptors (Lipinski definition) is 7. The van der Waals surface area contributed by atoms with Gasteiger partial charge in [0.05, 0.1) is 5.69 Å². The highest BCUT2D eigenvalue weighted by atomic mass is 19.1. The van der Waals surface area contributed by atoms with Gasteiger partial charge in [0.2, 0.25) is 5.91 Å². The van der Waals surface area contributed by atoms with Crippen LogP contribution < -0.4 is 15.0 Å². The topological polar surface area (TPSA) is 99.3 Å². The molecule has 0 bridgehead atoms. The molecule has 11 heteroatoms. The summed E-state index contributed by atoms with van der Waals surface area (Å²) in [5.41, 5.74) is 2.18. The van der Waals surface area contributed by atoms with Gasteiger partial charge in [0.25, 0.3) is 0 Å². The summed E-state index contributed by atoms with van der Waals surface area (Å²) in [6.45, 7) is 7.46. The minimum atomic E-state index is -0.657. The lowest BCUT2D eigenvalue weighted by Crippen LogP contribution is -2.48. The Morgan fingerprint density at radius 1 is 1.14 bits per heavy atom. The van der Waals surface area contributed by atoms with Gasteiger partial charge in [-0.2, -0.15) is 15.1 Å². The Kier molecular flexibility index (Phi) is 6.60. The van der Waals surface area contributed by atoms with E-state index in [9.17, 15) is 9.18 Å². The molecule has 1 saturated heterocycles. The number of H-pyrrole nitrogens is 1. The van der Waals surface area contributed by atoms with Gasteiger partial charge in [-0.1, -0.05) is 17.7 Å². The number of carbonyl (C=O) groups excluding carboxylic acids is 1. The number of carbonyl (C=O) groups is 1. The summed E-state index contributed by atoms with van der Waals surface area (Å²) in [6, 6.07) is 4.42. The van der Waals surface area contributed by atoms with Gasteiger partial charge >= 0.3 is 6.01 Å². The molecule has 1 aliphatic heterocycles. The average Bonchev–Trinajstić information content (AvgIpc) is 3.49. The number of halogens is 2. The Hall–Kier alpha value is -4.28. The Bertz CT molecular complexity index is 1410. The summed E-state index contributed by atoms with van der Waals surface area (Å²) in [4.78, 5) is 24.3. The van der Waals surface area contributed by atoms with Crippen molar-refractivity contribution in [1.82, 2.24) is 25.1 Å². The average molecular weight is 508 g/mol. The van der Waals surface area contributed by atoms with Crippen molar-refractivity contribution in [3.63, 3.8) is 0 Å². The molecule has 192 valence electrons. The summed E-state index contributed by atoms with van der Waals surface area (Å²) < 4.78 is 35.7. The van der Waals surface area contributed by atoms with E-state index in [0.29, 0.717) is 55.6 Å². The molecule has 9 nitrogen and oxygen atoms in total. The zero-order valence-corrected chi connectivity index (χ0v) is 20.8. The van der Waals surface area contributed by atoms with Crippen LogP contribution in [0.2, 0.25) is 0 Å². The Labute approximate surface area is 212 Å². The summed E-state index contributed by atoms with van der Waals surface area (Å²) >= 11 is 0. The summed E-state index contributed by atoms with van der Waals surface area (Å²) in [6.07, 6.45) is 5.74. The summed E-state index contributed by atoms with van der Waals surface area (Å²) in [5.74, 6) is -0.0644. The van der Waals surface area contributed by atoms with Crippen molar-refractivity contribution < 1.29 is 18.3 Å². The summed E-state index contributed by atoms with van der Waals surface area (Å²) in [7, 11) is 0. The van der Waals surface area contributed by atoms with Crippen LogP contribution in [0.15, 0.2) is 29.8 Å². The minimum absolute atomic E-state index is 0.0163. The molecule has 0 radical (unpaired) electrons. The first kappa shape index (κ1) is 24.4. The number of allylic oxidation sites excluding steroid dienone is 2. The Morgan fingerprint density at radius 2 is 1.92 bits per heavy atom. The zero-order valence-electron chi connectivity index (χ0n) is 20.8. The molecule has 0 saturated carbocycles. The highest BCUT2D eigenvalue weighted by molar-refractivity contribution is 5.73. The Morgan fingerprint density at radius 3 is 2.65 bits per heavy atom. The molecule has 1 amide bonds. The first-order chi connectivity index (χ1) is 17.8. The smallest absolute Gasteiger partial charge is 0.326 e. The molecular weight excluding hydrogens is 480 g/mol. The molecule has 0 unspecified atom stereocenters. The van der Waals surface area contributed by atoms with E-state index in [1.807, 2.05) is 30.9 Å². The fourth-order valence-electron chi connectivity index (χ4n) is 4.47. The third-order valence-corrected chi connectivity index (χ3v) is 6.31. The minimum Gasteiger partial charge on any atom is -0.421 e. The molecule has 3 aromatic rings. The third kappa shape index (κ3) is 5.16. The van der Waals surface area contributed by atoms with E-state index < -0.39 is 11.6 Å². The maximum atomic E-state index is 15.2. The molecule has 1 aliphatic carbocycles. The van der Waals surface area contributed by atoms with Crippen LogP contribution in [-0.2, 0) is 11.2 Å². The summed E-state index contributed by atoms with van der Waals surface area (Å²) in [5, 5.41) is 10.2. The molecule has 2 aromatic heterocycles. The van der Waals surface area contributed by atoms with Crippen LogP contribution in [0, 0.1) is 11.6 Å². The van der Waals surface area contributed by atoms with Gasteiger partial charge in [-0.25, -0.2) is 8.78 Å². The lowest BCUT2D eigenvalue weighted by atomic mass is 10.1. The van der Waals surface area contributed by atoms with E-state index in [4.69, 9.17) is 4.74 Å². The van der Waals surface area contributed by atoms with Gasteiger partial charge in [-0.3, -0.25) is 9.89 Å². The van der Waals surface area contributed by atoms with Crippen molar-refractivity contribution in [1.29, 1.82) is 0 Å². The maximum absolute atomic E-state index is 15.2. The number of nitrogens with zero attached hydrogens (tertiary/aromatic N) is 5. The van der Waals surface area contributed by atoms with Crippen molar-refractivity contribution in [2.24, 2.45) is 0 Å². The van der Waals surface area contributed by atoms with Crippen LogP contribution in [0.25, 0.3) is 12.2 Å². The molecule has 0 atom stereocenters. The second-order valence-corrected chi connectivity index (χ2v) is 9.05. The van der Waals surface area contributed by atoms with Crippen LogP contribution in [-0.4, -0.2) is 57.2 Å². The number of benzene rings is 1. The number of aromatic nitrogens is 4. The number of amides is 1. The predicted octanol–water partition coefficient (Wildman–Crippen LogP) is 4.67. The fraction of sp³-hybridized carbons (Fsp3) is 0.308. The molecule has 2 N–H and O–H groups in total. The predicted molar refractivity (Wildman–Crippen MR) is 137 cm³/mol. The number of aromatic amines is 1. The van der Waals surface area contributed by atoms with Gasteiger partial charge in [0.1, 0.15) is 17.5 Å². The van der Waals surface area contributed by atoms with Crippen LogP contribution in [0.5, 0.6) is 11.8 Å².